The molecule has 0 radical (unpaired) electrons. The third-order valence-electron chi connectivity index (χ3n) is 0. The molecule has 0 bridgehead atoms. The van der Waals surface area contributed by atoms with Crippen molar-refractivity contribution >= 4 is 57.8 Å². The van der Waals surface area contributed by atoms with Gasteiger partial charge in [-0.05, 0) is 6.16 Å². The molecule has 0 saturated carbocycles. The SMILES string of the molecule is O=C([O-])O.O=C([O-])[O-].[Na+].[Sr+2]. The van der Waals surface area contributed by atoms with E-state index in [1.165, 1.54) is 0 Å². The van der Waals surface area contributed by atoms with Gasteiger partial charge in [0.2, 0.25) is 6.16 Å². The molecule has 0 spiro atoms. The summed E-state index contributed by atoms with van der Waals surface area (Å²) in [7, 11) is 0. The minimum atomic E-state index is -2.33. The molecule has 6 nitrogen and oxygen atoms in total. The van der Waals surface area contributed by atoms with Crippen LogP contribution >= 0.6 is 0 Å². The smallest absolute Gasteiger partial charge is 0.652 e. The standard InChI is InChI=1S/2CH2O3.Na.Sr/c2*2-1(3)4;;/h2*(H2,2,3,4);;/q;;+1;+2/p-3. The van der Waals surface area contributed by atoms with Crippen LogP contribution in [-0.2, 0) is 0 Å². The fourth-order valence-electron chi connectivity index (χ4n) is 0. The Balaban J connectivity index is -0.0000000300. The summed E-state index contributed by atoms with van der Waals surface area (Å²) < 4.78 is 0. The van der Waals surface area contributed by atoms with E-state index in [4.69, 9.17) is 30.0 Å². The molecule has 0 aliphatic carbocycles. The van der Waals surface area contributed by atoms with Gasteiger partial charge in [-0.2, -0.15) is 0 Å². The van der Waals surface area contributed by atoms with E-state index in [9.17, 15) is 0 Å². The Bertz CT molecular complexity index is 73.7. The van der Waals surface area contributed by atoms with Gasteiger partial charge in [-0.25, -0.2) is 0 Å². The molecule has 0 aliphatic rings. The minimum Gasteiger partial charge on any atom is -0.652 e. The van der Waals surface area contributed by atoms with E-state index in [1.54, 1.807) is 0 Å². The average molecular weight is 232 g/mol. The summed E-state index contributed by atoms with van der Waals surface area (Å²) >= 11 is 0. The van der Waals surface area contributed by atoms with Crippen LogP contribution in [0, 0.1) is 0 Å². The van der Waals surface area contributed by atoms with Crippen molar-refractivity contribution in [2.24, 2.45) is 0 Å². The summed E-state index contributed by atoms with van der Waals surface area (Å²) in [4.78, 5) is 16.8. The topological polar surface area (TPSA) is 124 Å². The normalized spacial score (nSPS) is 4.80. The Morgan fingerprint density at radius 3 is 1.10 bits per heavy atom. The molecule has 10 heavy (non-hydrogen) atoms. The van der Waals surface area contributed by atoms with E-state index in [2.05, 4.69) is 0 Å². The van der Waals surface area contributed by atoms with Crippen molar-refractivity contribution in [2.75, 3.05) is 0 Å². The summed E-state index contributed by atoms with van der Waals surface area (Å²) in [5.41, 5.74) is 0. The number of carboxylic acid groups (broad SMARTS) is 4. The largest absolute Gasteiger partial charge is 2.00 e. The number of carbonyl (C=O) groups is 2. The Kier molecular flexibility index (Phi) is 37.1. The fourth-order valence-corrected chi connectivity index (χ4v) is 0. The fraction of sp³-hybridized carbons (Fsp3) is 0. The van der Waals surface area contributed by atoms with Crippen LogP contribution < -0.4 is 44.9 Å². The minimum absolute atomic E-state index is 0. The molecule has 0 atom stereocenters. The first kappa shape index (κ1) is 22.5. The van der Waals surface area contributed by atoms with Crippen LogP contribution in [0.5, 0.6) is 0 Å². The van der Waals surface area contributed by atoms with Gasteiger partial charge in [-0.15, -0.1) is 0 Å². The van der Waals surface area contributed by atoms with Gasteiger partial charge in [0.05, 0.1) is 0 Å². The van der Waals surface area contributed by atoms with Crippen LogP contribution in [0.25, 0.3) is 0 Å². The molecule has 0 amide bonds. The predicted molar refractivity (Wildman–Crippen MR) is 19.2 cm³/mol. The third-order valence-corrected chi connectivity index (χ3v) is 0. The molecule has 1 N–H and O–H groups in total. The van der Waals surface area contributed by atoms with Gasteiger partial charge >= 0.3 is 75.0 Å². The van der Waals surface area contributed by atoms with Crippen LogP contribution in [0.15, 0.2) is 0 Å². The molecule has 0 saturated heterocycles. The van der Waals surface area contributed by atoms with Crippen molar-refractivity contribution in [3.05, 3.63) is 0 Å². The summed E-state index contributed by atoms with van der Waals surface area (Å²) in [5.74, 6) is 0. The van der Waals surface area contributed by atoms with Crippen LogP contribution in [0.3, 0.4) is 0 Å². The maximum atomic E-state index is 8.44. The van der Waals surface area contributed by atoms with E-state index in [0.29, 0.717) is 0 Å². The molecule has 0 aliphatic heterocycles. The van der Waals surface area contributed by atoms with Gasteiger partial charge < -0.3 is 30.0 Å². The second kappa shape index (κ2) is 16.5. The summed E-state index contributed by atoms with van der Waals surface area (Å²) in [6.45, 7) is 0. The first-order chi connectivity index (χ1) is 3.46. The van der Waals surface area contributed by atoms with Crippen molar-refractivity contribution in [1.82, 2.24) is 0 Å². The van der Waals surface area contributed by atoms with Crippen molar-refractivity contribution in [2.45, 2.75) is 0 Å². The van der Waals surface area contributed by atoms with Gasteiger partial charge in [-0.1, -0.05) is 0 Å². The summed E-state index contributed by atoms with van der Waals surface area (Å²) in [5, 5.41) is 32.0. The molecular formula is C2HNaO6Sr. The van der Waals surface area contributed by atoms with Gasteiger partial charge in [0.1, 0.15) is 0 Å². The monoisotopic (exact) mass is 232 g/mol. The molecule has 8 heteroatoms. The zero-order chi connectivity index (χ0) is 7.15. The van der Waals surface area contributed by atoms with E-state index in [-0.39, 0.29) is 75.0 Å². The molecule has 0 heterocycles. The Morgan fingerprint density at radius 1 is 1.10 bits per heavy atom. The zero-order valence-electron chi connectivity index (χ0n) is 5.20. The third kappa shape index (κ3) is 557. The molecule has 0 unspecified atom stereocenters. The van der Waals surface area contributed by atoms with Gasteiger partial charge in [0.25, 0.3) is 0 Å². The first-order valence-corrected chi connectivity index (χ1v) is 1.24. The Morgan fingerprint density at radius 2 is 1.10 bits per heavy atom. The Hall–Kier alpha value is 1.02. The van der Waals surface area contributed by atoms with E-state index >= 15 is 0 Å². The van der Waals surface area contributed by atoms with Crippen molar-refractivity contribution in [1.29, 1.82) is 0 Å². The molecule has 0 aromatic heterocycles. The second-order valence-electron chi connectivity index (χ2n) is 0.516. The predicted octanol–water partition coefficient (Wildman–Crippen LogP) is -6.94. The molecular weight excluding hydrogens is 231 g/mol. The zero-order valence-corrected chi connectivity index (χ0v) is 10.7. The number of hydrogen-bond acceptors (Lipinski definition) is 5. The maximum Gasteiger partial charge on any atom is 2.00 e. The number of hydrogen-bond donors (Lipinski definition) is 1. The van der Waals surface area contributed by atoms with Crippen LogP contribution in [0.4, 0.5) is 9.59 Å². The molecule has 48 valence electrons. The summed E-state index contributed by atoms with van der Waals surface area (Å²) in [6, 6.07) is 0. The van der Waals surface area contributed by atoms with E-state index < -0.39 is 12.3 Å². The first-order valence-electron chi connectivity index (χ1n) is 1.24. The van der Waals surface area contributed by atoms with Gasteiger partial charge in [0, 0.05) is 0 Å². The molecule has 0 aromatic rings. The summed E-state index contributed by atoms with van der Waals surface area (Å²) in [6.07, 6.45) is -4.42. The Labute approximate surface area is 115 Å². The van der Waals surface area contributed by atoms with Crippen LogP contribution in [-0.4, -0.2) is 62.9 Å². The van der Waals surface area contributed by atoms with Crippen molar-refractivity contribution in [3.63, 3.8) is 0 Å². The molecule has 0 aromatic carbocycles. The second-order valence-corrected chi connectivity index (χ2v) is 0.516. The van der Waals surface area contributed by atoms with Crippen LogP contribution in [0.2, 0.25) is 0 Å². The molecule has 0 rings (SSSR count). The number of rotatable bonds is 0. The maximum absolute atomic E-state index is 8.44. The van der Waals surface area contributed by atoms with Crippen LogP contribution in [0.1, 0.15) is 0 Å². The molecule has 0 fully saturated rings. The van der Waals surface area contributed by atoms with Crippen molar-refractivity contribution < 1.29 is 59.6 Å². The number of carbonyl (C=O) groups excluding carboxylic acids is 1. The average Bonchev–Trinajstić information content (AvgIpc) is 1.25. The quantitative estimate of drug-likeness (QED) is 0.413. The van der Waals surface area contributed by atoms with Crippen molar-refractivity contribution in [3.8, 4) is 0 Å². The van der Waals surface area contributed by atoms with Gasteiger partial charge in [0.15, 0.2) is 0 Å². The van der Waals surface area contributed by atoms with Gasteiger partial charge in [-0.3, -0.25) is 0 Å². The van der Waals surface area contributed by atoms with E-state index in [1.807, 2.05) is 0 Å². The van der Waals surface area contributed by atoms with E-state index in [0.717, 1.165) is 0 Å².